The zero-order valence-corrected chi connectivity index (χ0v) is 14.3. The second kappa shape index (κ2) is 7.75. The summed E-state index contributed by atoms with van der Waals surface area (Å²) in [5.41, 5.74) is 0. The minimum absolute atomic E-state index is 0.255. The van der Waals surface area contributed by atoms with E-state index < -0.39 is 0 Å². The number of thiophene rings is 2. The summed E-state index contributed by atoms with van der Waals surface area (Å²) in [5.74, 6) is 0.852. The summed E-state index contributed by atoms with van der Waals surface area (Å²) in [7, 11) is 0. The van der Waals surface area contributed by atoms with Gasteiger partial charge in [0.05, 0.1) is 10.4 Å². The number of halogens is 1. The van der Waals surface area contributed by atoms with Crippen LogP contribution in [0.15, 0.2) is 29.6 Å². The largest absolute Gasteiger partial charge is 0.381 e. The molecule has 0 aliphatic heterocycles. The lowest BCUT2D eigenvalue weighted by Gasteiger charge is -2.16. The molecule has 0 aromatic carbocycles. The molecule has 0 spiro atoms. The fraction of sp³-hybridized carbons (Fsp3) is 0.500. The molecule has 5 heteroatoms. The van der Waals surface area contributed by atoms with Crippen LogP contribution in [0.4, 0.5) is 0 Å². The smallest absolute Gasteiger partial charge is 0.0931 e. The van der Waals surface area contributed by atoms with E-state index in [4.69, 9.17) is 16.3 Å². The Balaban J connectivity index is 1.48. The average molecular weight is 342 g/mol. The second-order valence-corrected chi connectivity index (χ2v) is 8.14. The molecule has 1 fully saturated rings. The van der Waals surface area contributed by atoms with Gasteiger partial charge in [0.15, 0.2) is 0 Å². The van der Waals surface area contributed by atoms with Crippen LogP contribution in [0.25, 0.3) is 0 Å². The van der Waals surface area contributed by atoms with E-state index in [0.29, 0.717) is 0 Å². The van der Waals surface area contributed by atoms with E-state index >= 15 is 0 Å². The highest BCUT2D eigenvalue weighted by molar-refractivity contribution is 7.16. The summed E-state index contributed by atoms with van der Waals surface area (Å²) in [4.78, 5) is 2.62. The highest BCUT2D eigenvalue weighted by Gasteiger charge is 2.21. The van der Waals surface area contributed by atoms with Crippen molar-refractivity contribution in [1.29, 1.82) is 0 Å². The van der Waals surface area contributed by atoms with Gasteiger partial charge in [0, 0.05) is 23.0 Å². The Labute approximate surface area is 139 Å². The van der Waals surface area contributed by atoms with Gasteiger partial charge in [0.1, 0.15) is 0 Å². The van der Waals surface area contributed by atoms with Crippen LogP contribution in [0.5, 0.6) is 0 Å². The Kier molecular flexibility index (Phi) is 5.72. The first kappa shape index (κ1) is 15.5. The van der Waals surface area contributed by atoms with Crippen LogP contribution in [0.1, 0.15) is 35.1 Å². The van der Waals surface area contributed by atoms with E-state index in [9.17, 15) is 0 Å². The molecule has 1 unspecified atom stereocenters. The molecular formula is C16H20ClNOS2. The molecule has 114 valence electrons. The molecule has 1 atom stereocenters. The van der Waals surface area contributed by atoms with Gasteiger partial charge in [-0.1, -0.05) is 17.7 Å². The minimum Gasteiger partial charge on any atom is -0.381 e. The number of nitrogens with one attached hydrogen (secondary N) is 1. The van der Waals surface area contributed by atoms with Crippen molar-refractivity contribution in [3.63, 3.8) is 0 Å². The molecule has 1 aliphatic carbocycles. The van der Waals surface area contributed by atoms with E-state index in [1.165, 1.54) is 22.6 Å². The monoisotopic (exact) mass is 341 g/mol. The Hall–Kier alpha value is -0.390. The lowest BCUT2D eigenvalue weighted by atomic mass is 10.2. The van der Waals surface area contributed by atoms with Crippen LogP contribution in [-0.2, 0) is 4.74 Å². The first-order valence-corrected chi connectivity index (χ1v) is 9.50. The number of ether oxygens (including phenoxy) is 1. The van der Waals surface area contributed by atoms with Gasteiger partial charge in [0.25, 0.3) is 0 Å². The maximum Gasteiger partial charge on any atom is 0.0931 e. The summed E-state index contributed by atoms with van der Waals surface area (Å²) in [6, 6.07) is 8.63. The first-order chi connectivity index (χ1) is 10.3. The molecule has 0 saturated heterocycles. The van der Waals surface area contributed by atoms with Crippen LogP contribution in [0.3, 0.4) is 0 Å². The molecule has 1 saturated carbocycles. The van der Waals surface area contributed by atoms with Crippen molar-refractivity contribution in [3.05, 3.63) is 43.7 Å². The van der Waals surface area contributed by atoms with Crippen LogP contribution >= 0.6 is 34.3 Å². The van der Waals surface area contributed by atoms with Gasteiger partial charge >= 0.3 is 0 Å². The van der Waals surface area contributed by atoms with Gasteiger partial charge in [-0.05, 0) is 55.3 Å². The van der Waals surface area contributed by atoms with E-state index in [2.05, 4.69) is 28.9 Å². The predicted molar refractivity (Wildman–Crippen MR) is 91.7 cm³/mol. The summed E-state index contributed by atoms with van der Waals surface area (Å²) in [5, 5.41) is 5.76. The Morgan fingerprint density at radius 3 is 2.86 bits per heavy atom. The number of hydrogen-bond donors (Lipinski definition) is 1. The van der Waals surface area contributed by atoms with Gasteiger partial charge in [0.2, 0.25) is 0 Å². The summed E-state index contributed by atoms with van der Waals surface area (Å²) < 4.78 is 6.53. The lowest BCUT2D eigenvalue weighted by molar-refractivity contribution is 0.122. The van der Waals surface area contributed by atoms with Crippen LogP contribution < -0.4 is 5.32 Å². The molecule has 0 amide bonds. The van der Waals surface area contributed by atoms with Crippen molar-refractivity contribution in [2.45, 2.75) is 25.3 Å². The molecule has 3 rings (SSSR count). The summed E-state index contributed by atoms with van der Waals surface area (Å²) in [6.45, 7) is 2.77. The minimum atomic E-state index is 0.255. The second-order valence-electron chi connectivity index (χ2n) is 5.42. The lowest BCUT2D eigenvalue weighted by Crippen LogP contribution is -2.23. The Bertz CT molecular complexity index is 536. The van der Waals surface area contributed by atoms with Gasteiger partial charge in [-0.25, -0.2) is 0 Å². The van der Waals surface area contributed by atoms with E-state index in [1.54, 1.807) is 22.7 Å². The van der Waals surface area contributed by atoms with Crippen molar-refractivity contribution >= 4 is 34.3 Å². The molecule has 0 radical (unpaired) electrons. The van der Waals surface area contributed by atoms with Crippen LogP contribution in [-0.4, -0.2) is 19.8 Å². The fourth-order valence-electron chi connectivity index (χ4n) is 2.24. The van der Waals surface area contributed by atoms with E-state index in [0.717, 1.165) is 36.4 Å². The van der Waals surface area contributed by atoms with Gasteiger partial charge in [-0.15, -0.1) is 22.7 Å². The van der Waals surface area contributed by atoms with E-state index in [-0.39, 0.29) is 6.04 Å². The third-order valence-electron chi connectivity index (χ3n) is 3.57. The molecule has 21 heavy (non-hydrogen) atoms. The van der Waals surface area contributed by atoms with Crippen LogP contribution in [0.2, 0.25) is 4.34 Å². The maximum atomic E-state index is 6.08. The topological polar surface area (TPSA) is 21.3 Å². The molecule has 1 aliphatic rings. The Morgan fingerprint density at radius 2 is 2.19 bits per heavy atom. The summed E-state index contributed by atoms with van der Waals surface area (Å²) in [6.07, 6.45) is 3.77. The van der Waals surface area contributed by atoms with Crippen molar-refractivity contribution in [3.8, 4) is 0 Å². The van der Waals surface area contributed by atoms with Gasteiger partial charge in [-0.3, -0.25) is 0 Å². The molecule has 2 nitrogen and oxygen atoms in total. The third-order valence-corrected chi connectivity index (χ3v) is 5.80. The number of hydrogen-bond acceptors (Lipinski definition) is 4. The zero-order chi connectivity index (χ0) is 14.5. The highest BCUT2D eigenvalue weighted by Crippen LogP contribution is 2.33. The molecule has 2 aromatic heterocycles. The standard InChI is InChI=1S/C16H20ClNOS2/c17-15-7-6-14(21-15)16(13-3-1-10-20-13)18-8-2-9-19-11-12-4-5-12/h1,3,6-7,10,12,16,18H,2,4-5,8-9,11H2. The van der Waals surface area contributed by atoms with Crippen molar-refractivity contribution in [2.24, 2.45) is 5.92 Å². The predicted octanol–water partition coefficient (Wildman–Crippen LogP) is 4.96. The fourth-order valence-corrected chi connectivity index (χ4v) is 4.28. The maximum absolute atomic E-state index is 6.08. The molecule has 1 N–H and O–H groups in total. The quantitative estimate of drug-likeness (QED) is 0.651. The van der Waals surface area contributed by atoms with Gasteiger partial charge in [-0.2, -0.15) is 0 Å². The first-order valence-electron chi connectivity index (χ1n) is 7.42. The van der Waals surface area contributed by atoms with E-state index in [1.807, 2.05) is 6.07 Å². The van der Waals surface area contributed by atoms with Crippen LogP contribution in [0, 0.1) is 5.92 Å². The highest BCUT2D eigenvalue weighted by atomic mass is 35.5. The number of rotatable bonds is 9. The average Bonchev–Trinajstić information content (AvgIpc) is 2.97. The Morgan fingerprint density at radius 1 is 1.29 bits per heavy atom. The normalized spacial score (nSPS) is 16.2. The van der Waals surface area contributed by atoms with Crippen molar-refractivity contribution in [1.82, 2.24) is 5.32 Å². The molecule has 2 aromatic rings. The van der Waals surface area contributed by atoms with Crippen molar-refractivity contribution < 1.29 is 4.74 Å². The molecule has 2 heterocycles. The molecular weight excluding hydrogens is 322 g/mol. The third kappa shape index (κ3) is 4.80. The van der Waals surface area contributed by atoms with Crippen molar-refractivity contribution in [2.75, 3.05) is 19.8 Å². The SMILES string of the molecule is Clc1ccc(C(NCCCOCC2CC2)c2cccs2)s1. The molecule has 0 bridgehead atoms. The summed E-state index contributed by atoms with van der Waals surface area (Å²) >= 11 is 9.52. The zero-order valence-electron chi connectivity index (χ0n) is 11.9. The van der Waals surface area contributed by atoms with Gasteiger partial charge < -0.3 is 10.1 Å².